The van der Waals surface area contributed by atoms with Crippen LogP contribution >= 0.6 is 0 Å². The number of benzene rings is 2. The van der Waals surface area contributed by atoms with Gasteiger partial charge < -0.3 is 5.32 Å². The quantitative estimate of drug-likeness (QED) is 0.444. The fraction of sp³-hybridized carbons (Fsp3) is 0.120. The Hall–Kier alpha value is -4.33. The first kappa shape index (κ1) is 20.6. The van der Waals surface area contributed by atoms with Gasteiger partial charge in [0.2, 0.25) is 5.91 Å². The highest BCUT2D eigenvalue weighted by Gasteiger charge is 2.17. The zero-order valence-corrected chi connectivity index (χ0v) is 17.8. The van der Waals surface area contributed by atoms with Crippen LogP contribution in [0.5, 0.6) is 0 Å². The summed E-state index contributed by atoms with van der Waals surface area (Å²) in [6, 6.07) is 16.9. The first-order chi connectivity index (χ1) is 16.0. The summed E-state index contributed by atoms with van der Waals surface area (Å²) in [6.07, 6.45) is 3.36. The highest BCUT2D eigenvalue weighted by Crippen LogP contribution is 2.29. The predicted molar refractivity (Wildman–Crippen MR) is 125 cm³/mol. The summed E-state index contributed by atoms with van der Waals surface area (Å²) in [6.45, 7) is 2.14. The maximum Gasteiger partial charge on any atom is 0.261 e. The lowest BCUT2D eigenvalue weighted by atomic mass is 10.1. The van der Waals surface area contributed by atoms with Crippen molar-refractivity contribution in [2.24, 2.45) is 0 Å². The van der Waals surface area contributed by atoms with E-state index in [1.54, 1.807) is 34.7 Å². The molecule has 1 N–H and O–H groups in total. The Morgan fingerprint density at radius 1 is 1.09 bits per heavy atom. The molecule has 33 heavy (non-hydrogen) atoms. The van der Waals surface area contributed by atoms with E-state index in [0.29, 0.717) is 33.6 Å². The summed E-state index contributed by atoms with van der Waals surface area (Å²) >= 11 is 0. The van der Waals surface area contributed by atoms with Crippen molar-refractivity contribution in [2.45, 2.75) is 19.9 Å². The maximum absolute atomic E-state index is 13.4. The summed E-state index contributed by atoms with van der Waals surface area (Å²) < 4.78 is 16.7. The lowest BCUT2D eigenvalue weighted by molar-refractivity contribution is -0.116. The van der Waals surface area contributed by atoms with Gasteiger partial charge in [-0.2, -0.15) is 0 Å². The van der Waals surface area contributed by atoms with Gasteiger partial charge in [-0.25, -0.2) is 14.4 Å². The Morgan fingerprint density at radius 3 is 2.70 bits per heavy atom. The number of para-hydroxylation sites is 1. The second-order valence-corrected chi connectivity index (χ2v) is 7.81. The second kappa shape index (κ2) is 8.31. The van der Waals surface area contributed by atoms with E-state index in [1.807, 2.05) is 31.3 Å². The van der Waals surface area contributed by atoms with Crippen LogP contribution in [0.25, 0.3) is 27.8 Å². The smallest absolute Gasteiger partial charge is 0.261 e. The van der Waals surface area contributed by atoms with E-state index in [1.165, 1.54) is 23.0 Å². The van der Waals surface area contributed by atoms with Crippen LogP contribution in [0.4, 0.5) is 10.2 Å². The van der Waals surface area contributed by atoms with E-state index in [2.05, 4.69) is 15.3 Å². The molecule has 0 aliphatic heterocycles. The Balaban J connectivity index is 1.43. The van der Waals surface area contributed by atoms with E-state index in [0.717, 1.165) is 5.56 Å². The number of hydrogen-bond acceptors (Lipinski definition) is 4. The number of rotatable bonds is 5. The monoisotopic (exact) mass is 441 g/mol. The third kappa shape index (κ3) is 3.98. The van der Waals surface area contributed by atoms with E-state index < -0.39 is 0 Å². The van der Waals surface area contributed by atoms with E-state index >= 15 is 0 Å². The van der Waals surface area contributed by atoms with Gasteiger partial charge in [0.05, 0.1) is 17.2 Å². The van der Waals surface area contributed by atoms with Crippen molar-refractivity contribution in [3.8, 4) is 11.3 Å². The summed E-state index contributed by atoms with van der Waals surface area (Å²) in [5, 5.41) is 3.44. The Bertz CT molecular complexity index is 1550. The summed E-state index contributed by atoms with van der Waals surface area (Å²) in [5.74, 6) is -0.134. The minimum Gasteiger partial charge on any atom is -0.310 e. The predicted octanol–water partition coefficient (Wildman–Crippen LogP) is 4.19. The van der Waals surface area contributed by atoms with Crippen molar-refractivity contribution >= 4 is 28.3 Å². The van der Waals surface area contributed by atoms with Crippen LogP contribution in [0, 0.1) is 12.7 Å². The Morgan fingerprint density at radius 2 is 1.88 bits per heavy atom. The third-order valence-electron chi connectivity index (χ3n) is 5.47. The number of aryl methyl sites for hydroxylation is 2. The molecule has 1 amide bonds. The average molecular weight is 441 g/mol. The number of amides is 1. The Kier molecular flexibility index (Phi) is 5.18. The number of imidazole rings is 1. The molecular formula is C25H20FN5O2. The van der Waals surface area contributed by atoms with Gasteiger partial charge in [0.15, 0.2) is 0 Å². The fourth-order valence-corrected chi connectivity index (χ4v) is 3.76. The topological polar surface area (TPSA) is 81.3 Å². The van der Waals surface area contributed by atoms with Gasteiger partial charge >= 0.3 is 0 Å². The van der Waals surface area contributed by atoms with Gasteiger partial charge in [-0.15, -0.1) is 0 Å². The molecule has 0 bridgehead atoms. The van der Waals surface area contributed by atoms with E-state index in [9.17, 15) is 14.0 Å². The number of carbonyl (C=O) groups excluding carboxylic acids is 1. The minimum absolute atomic E-state index is 0.0713. The number of hydrogen-bond donors (Lipinski definition) is 1. The SMILES string of the molecule is Cc1ccn2c(NC(=O)CCn3cnc4ccccc4c3=O)c(-c3ccc(F)cc3)nc2c1. The van der Waals surface area contributed by atoms with Crippen molar-refractivity contribution in [3.63, 3.8) is 0 Å². The molecule has 0 saturated heterocycles. The van der Waals surface area contributed by atoms with Crippen molar-refractivity contribution in [1.82, 2.24) is 18.9 Å². The number of halogens is 1. The molecule has 3 aromatic heterocycles. The van der Waals surface area contributed by atoms with Crippen LogP contribution in [0.15, 0.2) is 78.0 Å². The van der Waals surface area contributed by atoms with Crippen LogP contribution in [-0.4, -0.2) is 24.8 Å². The first-order valence-corrected chi connectivity index (χ1v) is 10.5. The molecule has 0 unspecified atom stereocenters. The van der Waals surface area contributed by atoms with E-state index in [4.69, 9.17) is 0 Å². The van der Waals surface area contributed by atoms with E-state index in [-0.39, 0.29) is 30.2 Å². The molecule has 3 heterocycles. The third-order valence-corrected chi connectivity index (χ3v) is 5.47. The standard InChI is InChI=1S/C25H20FN5O2/c1-16-10-13-31-21(14-16)28-23(17-6-8-18(26)9-7-17)24(31)29-22(32)11-12-30-15-27-20-5-3-2-4-19(20)25(30)33/h2-10,13-15H,11-12H2,1H3,(H,29,32). The molecule has 8 heteroatoms. The molecule has 0 radical (unpaired) electrons. The molecule has 0 aliphatic rings. The number of pyridine rings is 1. The lowest BCUT2D eigenvalue weighted by Gasteiger charge is -2.09. The van der Waals surface area contributed by atoms with Crippen LogP contribution in [0.1, 0.15) is 12.0 Å². The number of aromatic nitrogens is 4. The van der Waals surface area contributed by atoms with Crippen molar-refractivity contribution < 1.29 is 9.18 Å². The zero-order valence-electron chi connectivity index (χ0n) is 17.8. The van der Waals surface area contributed by atoms with Crippen LogP contribution in [0.2, 0.25) is 0 Å². The van der Waals surface area contributed by atoms with Gasteiger partial charge in [0.25, 0.3) is 5.56 Å². The molecule has 0 aliphatic carbocycles. The van der Waals surface area contributed by atoms with Gasteiger partial charge in [0.1, 0.15) is 23.0 Å². The van der Waals surface area contributed by atoms with Gasteiger partial charge in [0, 0.05) is 24.7 Å². The lowest BCUT2D eigenvalue weighted by Crippen LogP contribution is -2.24. The Labute approximate surface area is 188 Å². The van der Waals surface area contributed by atoms with Gasteiger partial charge in [-0.1, -0.05) is 12.1 Å². The molecule has 0 spiro atoms. The van der Waals surface area contributed by atoms with Crippen molar-refractivity contribution in [1.29, 1.82) is 0 Å². The largest absolute Gasteiger partial charge is 0.310 e. The number of nitrogens with one attached hydrogen (secondary N) is 1. The number of nitrogens with zero attached hydrogens (tertiary/aromatic N) is 4. The molecule has 0 saturated carbocycles. The van der Waals surface area contributed by atoms with Gasteiger partial charge in [-0.3, -0.25) is 18.6 Å². The molecule has 0 atom stereocenters. The van der Waals surface area contributed by atoms with Crippen molar-refractivity contribution in [3.05, 3.63) is 94.9 Å². The molecule has 2 aromatic carbocycles. The first-order valence-electron chi connectivity index (χ1n) is 10.5. The molecular weight excluding hydrogens is 421 g/mol. The normalized spacial score (nSPS) is 11.2. The number of fused-ring (bicyclic) bond motifs is 2. The molecule has 5 rings (SSSR count). The summed E-state index contributed by atoms with van der Waals surface area (Å²) in [5.41, 5.74) is 3.35. The summed E-state index contributed by atoms with van der Waals surface area (Å²) in [7, 11) is 0. The second-order valence-electron chi connectivity index (χ2n) is 7.81. The van der Waals surface area contributed by atoms with Crippen LogP contribution in [0.3, 0.4) is 0 Å². The highest BCUT2D eigenvalue weighted by molar-refractivity contribution is 5.94. The molecule has 164 valence electrons. The van der Waals surface area contributed by atoms with Crippen LogP contribution in [-0.2, 0) is 11.3 Å². The highest BCUT2D eigenvalue weighted by atomic mass is 19.1. The number of anilines is 1. The van der Waals surface area contributed by atoms with Gasteiger partial charge in [-0.05, 0) is 61.0 Å². The average Bonchev–Trinajstić information content (AvgIpc) is 3.16. The maximum atomic E-state index is 13.4. The van der Waals surface area contributed by atoms with Crippen molar-refractivity contribution in [2.75, 3.05) is 5.32 Å². The van der Waals surface area contributed by atoms with Crippen LogP contribution < -0.4 is 10.9 Å². The zero-order chi connectivity index (χ0) is 22.9. The molecule has 0 fully saturated rings. The fourth-order valence-electron chi connectivity index (χ4n) is 3.76. The molecule has 5 aromatic rings. The summed E-state index contributed by atoms with van der Waals surface area (Å²) in [4.78, 5) is 34.5. The molecule has 7 nitrogen and oxygen atoms in total. The number of carbonyl (C=O) groups is 1. The minimum atomic E-state index is -0.349.